The van der Waals surface area contributed by atoms with E-state index in [9.17, 15) is 4.79 Å². The quantitative estimate of drug-likeness (QED) is 0.478. The molecule has 6 heteroatoms. The summed E-state index contributed by atoms with van der Waals surface area (Å²) >= 11 is 0. The van der Waals surface area contributed by atoms with Crippen molar-refractivity contribution >= 4 is 17.8 Å². The standard InChI is InChI=1S/C21H20N4O2/c26-21(25-24-14-17-9-11-22-12-10-17)15-23-19-7-4-8-20(13-19)27-16-18-5-2-1-3-6-18/h1-14,23H,15-16H2,(H,25,26)/b24-14+. The lowest BCUT2D eigenvalue weighted by atomic mass is 10.2. The van der Waals surface area contributed by atoms with E-state index < -0.39 is 0 Å². The van der Waals surface area contributed by atoms with Gasteiger partial charge >= 0.3 is 0 Å². The van der Waals surface area contributed by atoms with Crippen molar-refractivity contribution < 1.29 is 9.53 Å². The largest absolute Gasteiger partial charge is 0.489 e. The maximum absolute atomic E-state index is 11.9. The molecule has 0 aliphatic rings. The summed E-state index contributed by atoms with van der Waals surface area (Å²) < 4.78 is 5.78. The number of benzene rings is 2. The topological polar surface area (TPSA) is 75.6 Å². The molecule has 0 unspecified atom stereocenters. The molecule has 0 saturated heterocycles. The van der Waals surface area contributed by atoms with Crippen molar-refractivity contribution in [3.05, 3.63) is 90.3 Å². The normalized spacial score (nSPS) is 10.5. The molecule has 3 rings (SSSR count). The SMILES string of the molecule is O=C(CNc1cccc(OCc2ccccc2)c1)N/N=C/c1ccncc1. The number of rotatable bonds is 8. The summed E-state index contributed by atoms with van der Waals surface area (Å²) in [6.07, 6.45) is 4.90. The van der Waals surface area contributed by atoms with Gasteiger partial charge in [-0.25, -0.2) is 5.43 Å². The van der Waals surface area contributed by atoms with E-state index in [4.69, 9.17) is 4.74 Å². The highest BCUT2D eigenvalue weighted by molar-refractivity contribution is 5.84. The number of ether oxygens (including phenoxy) is 1. The zero-order valence-corrected chi connectivity index (χ0v) is 14.7. The molecule has 1 amide bonds. The van der Waals surface area contributed by atoms with Crippen LogP contribution in [0.3, 0.4) is 0 Å². The van der Waals surface area contributed by atoms with Gasteiger partial charge in [-0.3, -0.25) is 9.78 Å². The first-order valence-corrected chi connectivity index (χ1v) is 8.52. The number of carbonyl (C=O) groups is 1. The first kappa shape index (κ1) is 18.1. The van der Waals surface area contributed by atoms with Gasteiger partial charge in [0.05, 0.1) is 12.8 Å². The number of hydrogen-bond donors (Lipinski definition) is 2. The highest BCUT2D eigenvalue weighted by Gasteiger charge is 2.01. The minimum atomic E-state index is -0.240. The Kier molecular flexibility index (Phi) is 6.53. The molecule has 136 valence electrons. The van der Waals surface area contributed by atoms with Gasteiger partial charge < -0.3 is 10.1 Å². The van der Waals surface area contributed by atoms with E-state index in [-0.39, 0.29) is 12.5 Å². The lowest BCUT2D eigenvalue weighted by Crippen LogP contribution is -2.25. The molecule has 1 aromatic heterocycles. The van der Waals surface area contributed by atoms with Gasteiger partial charge in [0.1, 0.15) is 12.4 Å². The van der Waals surface area contributed by atoms with Gasteiger partial charge in [-0.2, -0.15) is 5.10 Å². The second-order valence-corrected chi connectivity index (χ2v) is 5.73. The van der Waals surface area contributed by atoms with Crippen LogP contribution in [0.4, 0.5) is 5.69 Å². The van der Waals surface area contributed by atoms with Crippen LogP contribution in [0.25, 0.3) is 0 Å². The second-order valence-electron chi connectivity index (χ2n) is 5.73. The molecule has 0 bridgehead atoms. The van der Waals surface area contributed by atoms with Crippen LogP contribution in [-0.4, -0.2) is 23.7 Å². The summed E-state index contributed by atoms with van der Waals surface area (Å²) in [5.41, 5.74) is 5.24. The molecular weight excluding hydrogens is 340 g/mol. The first-order valence-electron chi connectivity index (χ1n) is 8.52. The number of carbonyl (C=O) groups excluding carboxylic acids is 1. The lowest BCUT2D eigenvalue weighted by Gasteiger charge is -2.09. The minimum Gasteiger partial charge on any atom is -0.489 e. The van der Waals surface area contributed by atoms with E-state index in [1.807, 2.05) is 54.6 Å². The third-order valence-electron chi connectivity index (χ3n) is 3.64. The van der Waals surface area contributed by atoms with E-state index in [2.05, 4.69) is 20.8 Å². The predicted octanol–water partition coefficient (Wildman–Crippen LogP) is 3.22. The molecule has 0 spiro atoms. The fourth-order valence-corrected chi connectivity index (χ4v) is 2.29. The average Bonchev–Trinajstić information content (AvgIpc) is 2.73. The highest BCUT2D eigenvalue weighted by Crippen LogP contribution is 2.18. The number of amides is 1. The third kappa shape index (κ3) is 6.28. The van der Waals surface area contributed by atoms with Gasteiger partial charge in [0.25, 0.3) is 5.91 Å². The van der Waals surface area contributed by atoms with Crippen LogP contribution in [0.15, 0.2) is 84.2 Å². The molecule has 0 atom stereocenters. The molecule has 6 nitrogen and oxygen atoms in total. The average molecular weight is 360 g/mol. The van der Waals surface area contributed by atoms with Crippen LogP contribution in [0.2, 0.25) is 0 Å². The summed E-state index contributed by atoms with van der Waals surface area (Å²) in [4.78, 5) is 15.8. The molecule has 1 heterocycles. The minimum absolute atomic E-state index is 0.107. The summed E-state index contributed by atoms with van der Waals surface area (Å²) in [6.45, 7) is 0.602. The Bertz CT molecular complexity index is 883. The van der Waals surface area contributed by atoms with Crippen molar-refractivity contribution in [2.75, 3.05) is 11.9 Å². The van der Waals surface area contributed by atoms with Crippen molar-refractivity contribution in [2.45, 2.75) is 6.61 Å². The van der Waals surface area contributed by atoms with Crippen LogP contribution in [-0.2, 0) is 11.4 Å². The van der Waals surface area contributed by atoms with Crippen LogP contribution in [0, 0.1) is 0 Å². The number of hydrazone groups is 1. The molecule has 3 aromatic rings. The number of hydrogen-bond acceptors (Lipinski definition) is 5. The Morgan fingerprint density at radius 2 is 1.85 bits per heavy atom. The third-order valence-corrected chi connectivity index (χ3v) is 3.64. The molecule has 2 N–H and O–H groups in total. The maximum Gasteiger partial charge on any atom is 0.259 e. The van der Waals surface area contributed by atoms with Crippen LogP contribution < -0.4 is 15.5 Å². The summed E-state index contributed by atoms with van der Waals surface area (Å²) in [7, 11) is 0. The van der Waals surface area contributed by atoms with Gasteiger partial charge in [-0.15, -0.1) is 0 Å². The highest BCUT2D eigenvalue weighted by atomic mass is 16.5. The Morgan fingerprint density at radius 3 is 2.67 bits per heavy atom. The molecule has 0 radical (unpaired) electrons. The van der Waals surface area contributed by atoms with E-state index in [0.717, 1.165) is 22.6 Å². The molecule has 2 aromatic carbocycles. The predicted molar refractivity (Wildman–Crippen MR) is 106 cm³/mol. The van der Waals surface area contributed by atoms with Crippen LogP contribution >= 0.6 is 0 Å². The molecule has 27 heavy (non-hydrogen) atoms. The fourth-order valence-electron chi connectivity index (χ4n) is 2.29. The summed E-state index contributed by atoms with van der Waals surface area (Å²) in [5.74, 6) is 0.496. The number of nitrogens with zero attached hydrogens (tertiary/aromatic N) is 2. The summed E-state index contributed by atoms with van der Waals surface area (Å²) in [6, 6.07) is 21.1. The molecule has 0 aliphatic heterocycles. The fraction of sp³-hybridized carbons (Fsp3) is 0.0952. The Hall–Kier alpha value is -3.67. The first-order chi connectivity index (χ1) is 13.3. The van der Waals surface area contributed by atoms with Crippen molar-refractivity contribution in [3.8, 4) is 5.75 Å². The Balaban J connectivity index is 1.45. The maximum atomic E-state index is 11.9. The Labute approximate surface area is 157 Å². The van der Waals surface area contributed by atoms with Gasteiger partial charge in [0.15, 0.2) is 0 Å². The number of anilines is 1. The van der Waals surface area contributed by atoms with E-state index in [0.29, 0.717) is 6.61 Å². The number of pyridine rings is 1. The van der Waals surface area contributed by atoms with Crippen LogP contribution in [0.5, 0.6) is 5.75 Å². The van der Waals surface area contributed by atoms with Gasteiger partial charge in [-0.05, 0) is 35.4 Å². The second kappa shape index (κ2) is 9.72. The number of nitrogens with one attached hydrogen (secondary N) is 2. The van der Waals surface area contributed by atoms with Crippen molar-refractivity contribution in [1.29, 1.82) is 0 Å². The van der Waals surface area contributed by atoms with Gasteiger partial charge in [0.2, 0.25) is 0 Å². The zero-order chi connectivity index (χ0) is 18.7. The summed E-state index contributed by atoms with van der Waals surface area (Å²) in [5, 5.41) is 6.97. The van der Waals surface area contributed by atoms with Crippen molar-refractivity contribution in [1.82, 2.24) is 10.4 Å². The molecule has 0 aliphatic carbocycles. The van der Waals surface area contributed by atoms with E-state index in [1.54, 1.807) is 30.7 Å². The smallest absolute Gasteiger partial charge is 0.259 e. The van der Waals surface area contributed by atoms with Crippen molar-refractivity contribution in [2.24, 2.45) is 5.10 Å². The van der Waals surface area contributed by atoms with Gasteiger partial charge in [0, 0.05) is 24.1 Å². The number of aromatic nitrogens is 1. The van der Waals surface area contributed by atoms with E-state index in [1.165, 1.54) is 0 Å². The lowest BCUT2D eigenvalue weighted by molar-refractivity contribution is -0.119. The monoisotopic (exact) mass is 360 g/mol. The van der Waals surface area contributed by atoms with Crippen LogP contribution in [0.1, 0.15) is 11.1 Å². The zero-order valence-electron chi connectivity index (χ0n) is 14.7. The van der Waals surface area contributed by atoms with Crippen molar-refractivity contribution in [3.63, 3.8) is 0 Å². The molecule has 0 fully saturated rings. The molecule has 0 saturated carbocycles. The molecular formula is C21H20N4O2. The van der Waals surface area contributed by atoms with Gasteiger partial charge in [-0.1, -0.05) is 36.4 Å². The van der Waals surface area contributed by atoms with E-state index >= 15 is 0 Å². The Morgan fingerprint density at radius 1 is 1.04 bits per heavy atom.